The molecule has 1 aromatic carbocycles. The molecule has 1 heterocycles. The SMILES string of the molecule is COC(=O)c1cc(N2C(=O)N(C)C(S)N(C)C2=O)c(F)cc1Cl. The van der Waals surface area contributed by atoms with Crippen molar-refractivity contribution in [3.63, 3.8) is 0 Å². The first kappa shape index (κ1) is 17.4. The fourth-order valence-corrected chi connectivity index (χ4v) is 2.46. The number of carbonyl (C=O) groups is 3. The topological polar surface area (TPSA) is 70.2 Å². The van der Waals surface area contributed by atoms with Crippen LogP contribution in [0.1, 0.15) is 10.4 Å². The molecule has 2 rings (SSSR count). The summed E-state index contributed by atoms with van der Waals surface area (Å²) in [6.45, 7) is 0. The Morgan fingerprint density at radius 2 is 1.78 bits per heavy atom. The van der Waals surface area contributed by atoms with Crippen molar-refractivity contribution in [1.82, 2.24) is 9.80 Å². The molecule has 0 bridgehead atoms. The van der Waals surface area contributed by atoms with Gasteiger partial charge >= 0.3 is 18.0 Å². The average molecular weight is 362 g/mol. The average Bonchev–Trinajstić information content (AvgIpc) is 2.52. The lowest BCUT2D eigenvalue weighted by molar-refractivity contribution is 0.0600. The Labute approximate surface area is 141 Å². The van der Waals surface area contributed by atoms with Crippen LogP contribution in [0.4, 0.5) is 19.7 Å². The van der Waals surface area contributed by atoms with E-state index in [9.17, 15) is 18.8 Å². The molecule has 1 fully saturated rings. The Kier molecular flexibility index (Phi) is 4.71. The van der Waals surface area contributed by atoms with E-state index in [1.165, 1.54) is 14.1 Å². The lowest BCUT2D eigenvalue weighted by Gasteiger charge is -2.41. The normalized spacial score (nSPS) is 16.2. The van der Waals surface area contributed by atoms with Crippen molar-refractivity contribution in [3.05, 3.63) is 28.5 Å². The first-order chi connectivity index (χ1) is 10.7. The summed E-state index contributed by atoms with van der Waals surface area (Å²) in [5.74, 6) is -1.74. The van der Waals surface area contributed by atoms with E-state index in [2.05, 4.69) is 17.4 Å². The van der Waals surface area contributed by atoms with Gasteiger partial charge in [0.15, 0.2) is 5.50 Å². The second-order valence-electron chi connectivity index (χ2n) is 4.74. The number of rotatable bonds is 2. The van der Waals surface area contributed by atoms with E-state index < -0.39 is 35.0 Å². The molecule has 0 radical (unpaired) electrons. The lowest BCUT2D eigenvalue weighted by atomic mass is 10.1. The number of esters is 1. The van der Waals surface area contributed by atoms with Gasteiger partial charge in [0.1, 0.15) is 5.82 Å². The van der Waals surface area contributed by atoms with E-state index in [1.54, 1.807) is 0 Å². The molecule has 0 saturated carbocycles. The van der Waals surface area contributed by atoms with Crippen LogP contribution in [0, 0.1) is 5.82 Å². The first-order valence-electron chi connectivity index (χ1n) is 6.29. The van der Waals surface area contributed by atoms with Crippen LogP contribution in [-0.4, -0.2) is 54.5 Å². The van der Waals surface area contributed by atoms with Gasteiger partial charge in [-0.1, -0.05) is 11.6 Å². The van der Waals surface area contributed by atoms with Crippen molar-refractivity contribution >= 4 is 47.9 Å². The molecule has 0 spiro atoms. The van der Waals surface area contributed by atoms with Crippen molar-refractivity contribution < 1.29 is 23.5 Å². The molecule has 0 aliphatic carbocycles. The highest BCUT2D eigenvalue weighted by atomic mass is 35.5. The number of nitrogens with zero attached hydrogens (tertiary/aromatic N) is 3. The standard InChI is InChI=1S/C13H13ClFN3O4S/c1-16-11(20)18(12(21)17(2)13(16)23)9-4-6(10(19)22-3)7(14)5-8(9)15/h4-5,13,23H,1-3H3. The maximum Gasteiger partial charge on any atom is 0.339 e. The Hall–Kier alpha value is -2.00. The van der Waals surface area contributed by atoms with Crippen molar-refractivity contribution in [3.8, 4) is 0 Å². The third-order valence-corrected chi connectivity index (χ3v) is 4.37. The maximum absolute atomic E-state index is 14.2. The predicted octanol–water partition coefficient (Wildman–Crippen LogP) is 2.40. The van der Waals surface area contributed by atoms with Gasteiger partial charge in [-0.15, -0.1) is 12.6 Å². The Morgan fingerprint density at radius 1 is 1.26 bits per heavy atom. The zero-order chi connectivity index (χ0) is 17.5. The van der Waals surface area contributed by atoms with Gasteiger partial charge in [0.2, 0.25) is 0 Å². The number of halogens is 2. The molecule has 1 aliphatic rings. The smallest absolute Gasteiger partial charge is 0.339 e. The number of anilines is 1. The van der Waals surface area contributed by atoms with Crippen molar-refractivity contribution in [2.24, 2.45) is 0 Å². The minimum absolute atomic E-state index is 0.163. The summed E-state index contributed by atoms with van der Waals surface area (Å²) in [4.78, 5) is 39.2. The van der Waals surface area contributed by atoms with Gasteiger partial charge in [-0.2, -0.15) is 0 Å². The summed E-state index contributed by atoms with van der Waals surface area (Å²) in [6.07, 6.45) is 0. The molecule has 0 N–H and O–H groups in total. The Morgan fingerprint density at radius 3 is 2.26 bits per heavy atom. The Balaban J connectivity index is 2.58. The summed E-state index contributed by atoms with van der Waals surface area (Å²) < 4.78 is 18.8. The minimum atomic E-state index is -0.927. The van der Waals surface area contributed by atoms with E-state index >= 15 is 0 Å². The van der Waals surface area contributed by atoms with Gasteiger partial charge in [0.25, 0.3) is 0 Å². The molecule has 124 valence electrons. The third kappa shape index (κ3) is 2.81. The van der Waals surface area contributed by atoms with Crippen LogP contribution in [0.2, 0.25) is 5.02 Å². The van der Waals surface area contributed by atoms with E-state index in [1.807, 2.05) is 0 Å². The lowest BCUT2D eigenvalue weighted by Crippen LogP contribution is -2.62. The number of ether oxygens (including phenoxy) is 1. The van der Waals surface area contributed by atoms with E-state index in [0.717, 1.165) is 29.0 Å². The number of carbonyl (C=O) groups excluding carboxylic acids is 3. The van der Waals surface area contributed by atoms with Crippen LogP contribution >= 0.6 is 24.2 Å². The van der Waals surface area contributed by atoms with Crippen molar-refractivity contribution in [2.75, 3.05) is 26.1 Å². The van der Waals surface area contributed by atoms with Gasteiger partial charge < -0.3 is 4.74 Å². The van der Waals surface area contributed by atoms with Crippen LogP contribution in [0.5, 0.6) is 0 Å². The summed E-state index contributed by atoms with van der Waals surface area (Å²) in [6, 6.07) is 0.270. The number of amides is 4. The highest BCUT2D eigenvalue weighted by molar-refractivity contribution is 7.80. The third-order valence-electron chi connectivity index (χ3n) is 3.36. The molecule has 0 aromatic heterocycles. The van der Waals surface area contributed by atoms with Crippen LogP contribution in [0.25, 0.3) is 0 Å². The summed E-state index contributed by atoms with van der Waals surface area (Å²) in [7, 11) is 3.95. The first-order valence-corrected chi connectivity index (χ1v) is 7.19. The largest absolute Gasteiger partial charge is 0.465 e. The molecular weight excluding hydrogens is 349 g/mol. The number of hydrogen-bond acceptors (Lipinski definition) is 5. The highest BCUT2D eigenvalue weighted by Gasteiger charge is 2.41. The van der Waals surface area contributed by atoms with Crippen LogP contribution in [0.15, 0.2) is 12.1 Å². The van der Waals surface area contributed by atoms with Crippen LogP contribution in [-0.2, 0) is 4.74 Å². The van der Waals surface area contributed by atoms with E-state index in [-0.39, 0.29) is 10.6 Å². The molecule has 1 aliphatic heterocycles. The number of methoxy groups -OCH3 is 1. The van der Waals surface area contributed by atoms with Crippen molar-refractivity contribution in [1.29, 1.82) is 0 Å². The zero-order valence-electron chi connectivity index (χ0n) is 12.4. The van der Waals surface area contributed by atoms with E-state index in [4.69, 9.17) is 11.6 Å². The zero-order valence-corrected chi connectivity index (χ0v) is 14.1. The van der Waals surface area contributed by atoms with Crippen molar-refractivity contribution in [2.45, 2.75) is 5.50 Å². The number of urea groups is 2. The molecule has 0 unspecified atom stereocenters. The Bertz CT molecular complexity index is 680. The van der Waals surface area contributed by atoms with Gasteiger partial charge in [-0.25, -0.2) is 23.7 Å². The fourth-order valence-electron chi connectivity index (χ4n) is 2.04. The van der Waals surface area contributed by atoms with Crippen LogP contribution < -0.4 is 4.90 Å². The molecule has 1 aromatic rings. The fraction of sp³-hybridized carbons (Fsp3) is 0.308. The van der Waals surface area contributed by atoms with Gasteiger partial charge in [0, 0.05) is 14.1 Å². The van der Waals surface area contributed by atoms with Gasteiger partial charge in [0.05, 0.1) is 23.4 Å². The quantitative estimate of drug-likeness (QED) is 0.648. The van der Waals surface area contributed by atoms with Gasteiger partial charge in [-0.3, -0.25) is 9.80 Å². The summed E-state index contributed by atoms with van der Waals surface area (Å²) in [5.41, 5.74) is -1.35. The molecule has 0 atom stereocenters. The monoisotopic (exact) mass is 361 g/mol. The predicted molar refractivity (Wildman–Crippen MR) is 84.3 cm³/mol. The molecular formula is C13H13ClFN3O4S. The highest BCUT2D eigenvalue weighted by Crippen LogP contribution is 2.31. The summed E-state index contributed by atoms with van der Waals surface area (Å²) in [5, 5.41) is -0.191. The molecule has 1 saturated heterocycles. The summed E-state index contributed by atoms with van der Waals surface area (Å²) >= 11 is 9.93. The molecule has 7 nitrogen and oxygen atoms in total. The molecule has 23 heavy (non-hydrogen) atoms. The molecule has 10 heteroatoms. The minimum Gasteiger partial charge on any atom is -0.465 e. The number of thiol groups is 1. The van der Waals surface area contributed by atoms with Gasteiger partial charge in [-0.05, 0) is 12.1 Å². The number of benzene rings is 1. The molecule has 4 amide bonds. The second kappa shape index (κ2) is 6.25. The van der Waals surface area contributed by atoms with Crippen LogP contribution in [0.3, 0.4) is 0 Å². The van der Waals surface area contributed by atoms with E-state index in [0.29, 0.717) is 4.90 Å². The number of imide groups is 1. The maximum atomic E-state index is 14.2. The second-order valence-corrected chi connectivity index (χ2v) is 5.61. The number of hydrogen-bond donors (Lipinski definition) is 1.